The van der Waals surface area contributed by atoms with Crippen molar-refractivity contribution in [1.82, 2.24) is 5.32 Å². The van der Waals surface area contributed by atoms with Crippen molar-refractivity contribution in [2.45, 2.75) is 25.3 Å². The number of anilines is 1. The Kier molecular flexibility index (Phi) is 2.37. The lowest BCUT2D eigenvalue weighted by molar-refractivity contribution is 0.396. The van der Waals surface area contributed by atoms with Crippen LogP contribution in [0.4, 0.5) is 5.69 Å². The predicted octanol–water partition coefficient (Wildman–Crippen LogP) is 2.02. The molecule has 0 amide bonds. The standard InChI is InChI=1S/C13H18N2/c1-2-5-12-10(4-1)8-11(9-15-12)13-6-3-7-14-13/h1-2,4-5,11,13-15H,3,6-9H2/t11-,13-/m0/s1. The molecule has 0 aliphatic carbocycles. The van der Waals surface area contributed by atoms with Crippen LogP contribution in [0.2, 0.25) is 0 Å². The zero-order valence-electron chi connectivity index (χ0n) is 9.00. The third-order valence-electron chi connectivity index (χ3n) is 3.72. The maximum atomic E-state index is 3.62. The Morgan fingerprint density at radius 2 is 2.13 bits per heavy atom. The van der Waals surface area contributed by atoms with Gasteiger partial charge in [0.05, 0.1) is 0 Å². The maximum Gasteiger partial charge on any atom is 0.0372 e. The van der Waals surface area contributed by atoms with E-state index >= 15 is 0 Å². The first-order valence-corrected chi connectivity index (χ1v) is 5.98. The fourth-order valence-corrected chi connectivity index (χ4v) is 2.86. The molecule has 0 unspecified atom stereocenters. The molecular formula is C13H18N2. The second-order valence-electron chi connectivity index (χ2n) is 4.71. The Labute approximate surface area is 91.1 Å². The van der Waals surface area contributed by atoms with Gasteiger partial charge in [0.25, 0.3) is 0 Å². The summed E-state index contributed by atoms with van der Waals surface area (Å²) in [5, 5.41) is 7.17. The van der Waals surface area contributed by atoms with Crippen LogP contribution in [0, 0.1) is 5.92 Å². The van der Waals surface area contributed by atoms with Gasteiger partial charge in [-0.05, 0) is 43.4 Å². The van der Waals surface area contributed by atoms with Crippen LogP contribution in [-0.4, -0.2) is 19.1 Å². The molecule has 0 spiro atoms. The average Bonchev–Trinajstić information content (AvgIpc) is 2.82. The van der Waals surface area contributed by atoms with Crippen molar-refractivity contribution in [2.75, 3.05) is 18.4 Å². The SMILES string of the molecule is c1ccc2c(c1)C[C@H]([C@@H]1CCCN1)CN2. The molecule has 80 valence electrons. The molecule has 1 saturated heterocycles. The van der Waals surface area contributed by atoms with Crippen molar-refractivity contribution >= 4 is 5.69 Å². The zero-order chi connectivity index (χ0) is 10.1. The van der Waals surface area contributed by atoms with Crippen molar-refractivity contribution in [3.05, 3.63) is 29.8 Å². The van der Waals surface area contributed by atoms with E-state index in [-0.39, 0.29) is 0 Å². The number of fused-ring (bicyclic) bond motifs is 1. The predicted molar refractivity (Wildman–Crippen MR) is 63.2 cm³/mol. The minimum absolute atomic E-state index is 0.742. The highest BCUT2D eigenvalue weighted by molar-refractivity contribution is 5.53. The quantitative estimate of drug-likeness (QED) is 0.728. The molecule has 0 aromatic heterocycles. The highest BCUT2D eigenvalue weighted by atomic mass is 15.0. The molecule has 2 nitrogen and oxygen atoms in total. The number of hydrogen-bond acceptors (Lipinski definition) is 2. The summed E-state index contributed by atoms with van der Waals surface area (Å²) in [6, 6.07) is 9.44. The van der Waals surface area contributed by atoms with Gasteiger partial charge in [0.1, 0.15) is 0 Å². The summed E-state index contributed by atoms with van der Waals surface area (Å²) >= 11 is 0. The molecule has 3 rings (SSSR count). The van der Waals surface area contributed by atoms with Gasteiger partial charge >= 0.3 is 0 Å². The molecule has 1 fully saturated rings. The molecule has 1 aromatic carbocycles. The molecule has 1 aromatic rings. The molecule has 2 atom stereocenters. The van der Waals surface area contributed by atoms with Crippen molar-refractivity contribution < 1.29 is 0 Å². The highest BCUT2D eigenvalue weighted by Gasteiger charge is 2.27. The topological polar surface area (TPSA) is 24.1 Å². The molecule has 2 aliphatic rings. The van der Waals surface area contributed by atoms with Crippen LogP contribution in [0.3, 0.4) is 0 Å². The fourth-order valence-electron chi connectivity index (χ4n) is 2.86. The van der Waals surface area contributed by atoms with Gasteiger partial charge in [-0.15, -0.1) is 0 Å². The van der Waals surface area contributed by atoms with Gasteiger partial charge in [-0.2, -0.15) is 0 Å². The minimum Gasteiger partial charge on any atom is -0.384 e. The van der Waals surface area contributed by atoms with Crippen LogP contribution in [0.15, 0.2) is 24.3 Å². The first-order valence-electron chi connectivity index (χ1n) is 5.98. The Morgan fingerprint density at radius 3 is 3.00 bits per heavy atom. The molecule has 2 heterocycles. The summed E-state index contributed by atoms with van der Waals surface area (Å²) in [5.74, 6) is 0.780. The fraction of sp³-hybridized carbons (Fsp3) is 0.538. The van der Waals surface area contributed by atoms with Gasteiger partial charge in [-0.25, -0.2) is 0 Å². The molecule has 0 saturated carbocycles. The lowest BCUT2D eigenvalue weighted by Gasteiger charge is -2.30. The smallest absolute Gasteiger partial charge is 0.0372 e. The lowest BCUT2D eigenvalue weighted by atomic mass is 9.87. The lowest BCUT2D eigenvalue weighted by Crippen LogP contribution is -2.38. The molecule has 2 aliphatic heterocycles. The van der Waals surface area contributed by atoms with E-state index in [0.717, 1.165) is 18.5 Å². The summed E-state index contributed by atoms with van der Waals surface area (Å²) in [5.41, 5.74) is 2.83. The van der Waals surface area contributed by atoms with E-state index in [1.807, 2.05) is 0 Å². The van der Waals surface area contributed by atoms with E-state index in [0.29, 0.717) is 0 Å². The van der Waals surface area contributed by atoms with E-state index in [9.17, 15) is 0 Å². The van der Waals surface area contributed by atoms with Gasteiger partial charge in [-0.3, -0.25) is 0 Å². The molecule has 0 bridgehead atoms. The Bertz CT molecular complexity index is 342. The van der Waals surface area contributed by atoms with Crippen LogP contribution in [0.1, 0.15) is 18.4 Å². The third kappa shape index (κ3) is 1.74. The van der Waals surface area contributed by atoms with Crippen LogP contribution < -0.4 is 10.6 Å². The van der Waals surface area contributed by atoms with E-state index in [1.165, 1.54) is 37.1 Å². The Balaban J connectivity index is 1.76. The summed E-state index contributed by atoms with van der Waals surface area (Å²) < 4.78 is 0. The number of para-hydroxylation sites is 1. The second-order valence-corrected chi connectivity index (χ2v) is 4.71. The largest absolute Gasteiger partial charge is 0.384 e. The summed E-state index contributed by atoms with van der Waals surface area (Å²) in [7, 11) is 0. The van der Waals surface area contributed by atoms with Gasteiger partial charge in [0.15, 0.2) is 0 Å². The summed E-state index contributed by atoms with van der Waals surface area (Å²) in [4.78, 5) is 0. The first-order chi connectivity index (χ1) is 7.43. The highest BCUT2D eigenvalue weighted by Crippen LogP contribution is 2.28. The molecule has 0 radical (unpaired) electrons. The van der Waals surface area contributed by atoms with Crippen LogP contribution in [-0.2, 0) is 6.42 Å². The third-order valence-corrected chi connectivity index (χ3v) is 3.72. The zero-order valence-corrected chi connectivity index (χ0v) is 9.00. The average molecular weight is 202 g/mol. The van der Waals surface area contributed by atoms with Crippen molar-refractivity contribution in [3.8, 4) is 0 Å². The molecule has 2 N–H and O–H groups in total. The van der Waals surface area contributed by atoms with Crippen molar-refractivity contribution in [2.24, 2.45) is 5.92 Å². The van der Waals surface area contributed by atoms with Gasteiger partial charge in [0.2, 0.25) is 0 Å². The van der Waals surface area contributed by atoms with E-state index in [4.69, 9.17) is 0 Å². The summed E-state index contributed by atoms with van der Waals surface area (Å²) in [6.07, 6.45) is 3.94. The van der Waals surface area contributed by atoms with Crippen molar-refractivity contribution in [3.63, 3.8) is 0 Å². The molecular weight excluding hydrogens is 184 g/mol. The van der Waals surface area contributed by atoms with E-state index in [2.05, 4.69) is 34.9 Å². The summed E-state index contributed by atoms with van der Waals surface area (Å²) in [6.45, 7) is 2.34. The Hall–Kier alpha value is -1.02. The number of rotatable bonds is 1. The van der Waals surface area contributed by atoms with Crippen LogP contribution in [0.5, 0.6) is 0 Å². The van der Waals surface area contributed by atoms with E-state index < -0.39 is 0 Å². The first kappa shape index (κ1) is 9.22. The number of nitrogens with one attached hydrogen (secondary N) is 2. The monoisotopic (exact) mass is 202 g/mol. The number of benzene rings is 1. The van der Waals surface area contributed by atoms with Gasteiger partial charge < -0.3 is 10.6 Å². The van der Waals surface area contributed by atoms with Crippen LogP contribution >= 0.6 is 0 Å². The van der Waals surface area contributed by atoms with E-state index in [1.54, 1.807) is 0 Å². The normalized spacial score (nSPS) is 29.6. The maximum absolute atomic E-state index is 3.62. The Morgan fingerprint density at radius 1 is 1.20 bits per heavy atom. The van der Waals surface area contributed by atoms with Gasteiger partial charge in [0, 0.05) is 18.3 Å². The number of hydrogen-bond donors (Lipinski definition) is 2. The van der Waals surface area contributed by atoms with Gasteiger partial charge in [-0.1, -0.05) is 18.2 Å². The molecule has 15 heavy (non-hydrogen) atoms. The van der Waals surface area contributed by atoms with Crippen molar-refractivity contribution in [1.29, 1.82) is 0 Å². The second kappa shape index (κ2) is 3.86. The van der Waals surface area contributed by atoms with Crippen LogP contribution in [0.25, 0.3) is 0 Å². The molecule has 2 heteroatoms. The minimum atomic E-state index is 0.742.